The molecule has 0 fully saturated rings. The topological polar surface area (TPSA) is 34.0 Å². The van der Waals surface area contributed by atoms with Crippen molar-refractivity contribution in [2.45, 2.75) is 39.8 Å². The molecule has 0 radical (unpaired) electrons. The van der Waals surface area contributed by atoms with Crippen molar-refractivity contribution < 1.29 is 0 Å². The van der Waals surface area contributed by atoms with Crippen LogP contribution in [0.1, 0.15) is 29.6 Å². The number of hydrogen-bond acceptors (Lipinski definition) is 3. The molecule has 1 aromatic carbocycles. The molecule has 4 nitrogen and oxygen atoms in total. The molecule has 0 aliphatic carbocycles. The zero-order valence-corrected chi connectivity index (χ0v) is 15.5. The van der Waals surface area contributed by atoms with Gasteiger partial charge in [0.1, 0.15) is 0 Å². The second-order valence-corrected chi connectivity index (χ2v) is 6.80. The molecule has 130 valence electrons. The molecular weight excluding hydrogens is 308 g/mol. The normalized spacial score (nSPS) is 12.5. The maximum Gasteiger partial charge on any atom is 0.0651 e. The second kappa shape index (κ2) is 7.62. The van der Waals surface area contributed by atoms with Crippen molar-refractivity contribution in [3.63, 3.8) is 0 Å². The van der Waals surface area contributed by atoms with Gasteiger partial charge in [0.05, 0.1) is 11.4 Å². The molecule has 0 aliphatic rings. The van der Waals surface area contributed by atoms with Crippen LogP contribution in [-0.2, 0) is 13.0 Å². The van der Waals surface area contributed by atoms with E-state index in [1.807, 2.05) is 29.9 Å². The van der Waals surface area contributed by atoms with Gasteiger partial charge in [0.15, 0.2) is 0 Å². The van der Waals surface area contributed by atoms with Crippen LogP contribution in [0, 0.1) is 13.8 Å². The van der Waals surface area contributed by atoms with E-state index in [0.717, 1.165) is 35.7 Å². The Balaban J connectivity index is 1.70. The van der Waals surface area contributed by atoms with Crippen LogP contribution in [0.25, 0.3) is 5.69 Å². The summed E-state index contributed by atoms with van der Waals surface area (Å²) in [7, 11) is 2.17. The summed E-state index contributed by atoms with van der Waals surface area (Å²) >= 11 is 0. The van der Waals surface area contributed by atoms with E-state index in [9.17, 15) is 0 Å². The van der Waals surface area contributed by atoms with Crippen molar-refractivity contribution in [1.29, 1.82) is 0 Å². The number of aromatic nitrogens is 3. The zero-order valence-electron chi connectivity index (χ0n) is 15.5. The Morgan fingerprint density at radius 3 is 2.60 bits per heavy atom. The highest BCUT2D eigenvalue weighted by Crippen LogP contribution is 2.16. The molecule has 25 heavy (non-hydrogen) atoms. The SMILES string of the molecule is Cc1cc(C)n(-c2cccc(CN(C)[C@H](C)Cc3ccccn3)c2)n1. The van der Waals surface area contributed by atoms with Crippen molar-refractivity contribution in [2.24, 2.45) is 0 Å². The van der Waals surface area contributed by atoms with Gasteiger partial charge in [0.2, 0.25) is 0 Å². The molecule has 0 unspecified atom stereocenters. The Bertz CT molecular complexity index is 823. The van der Waals surface area contributed by atoms with E-state index in [-0.39, 0.29) is 0 Å². The predicted octanol–water partition coefficient (Wildman–Crippen LogP) is 3.95. The quantitative estimate of drug-likeness (QED) is 0.684. The number of nitrogens with zero attached hydrogens (tertiary/aromatic N) is 4. The fourth-order valence-electron chi connectivity index (χ4n) is 3.10. The molecule has 0 bridgehead atoms. The van der Waals surface area contributed by atoms with Crippen molar-refractivity contribution in [2.75, 3.05) is 7.05 Å². The van der Waals surface area contributed by atoms with Gasteiger partial charge in [-0.3, -0.25) is 9.88 Å². The van der Waals surface area contributed by atoms with Crippen LogP contribution < -0.4 is 0 Å². The van der Waals surface area contributed by atoms with E-state index >= 15 is 0 Å². The van der Waals surface area contributed by atoms with Crippen molar-refractivity contribution >= 4 is 0 Å². The third kappa shape index (κ3) is 4.34. The summed E-state index contributed by atoms with van der Waals surface area (Å²) in [6.45, 7) is 7.27. The second-order valence-electron chi connectivity index (χ2n) is 6.80. The summed E-state index contributed by atoms with van der Waals surface area (Å²) in [4.78, 5) is 6.81. The van der Waals surface area contributed by atoms with Crippen LogP contribution in [0.2, 0.25) is 0 Å². The Morgan fingerprint density at radius 1 is 1.08 bits per heavy atom. The third-order valence-electron chi connectivity index (χ3n) is 4.58. The first-order valence-corrected chi connectivity index (χ1v) is 8.75. The minimum Gasteiger partial charge on any atom is -0.299 e. The zero-order chi connectivity index (χ0) is 17.8. The largest absolute Gasteiger partial charge is 0.299 e. The molecule has 1 atom stereocenters. The number of aryl methyl sites for hydroxylation is 2. The van der Waals surface area contributed by atoms with Crippen LogP contribution in [0.3, 0.4) is 0 Å². The van der Waals surface area contributed by atoms with Crippen LogP contribution >= 0.6 is 0 Å². The first-order valence-electron chi connectivity index (χ1n) is 8.75. The first kappa shape index (κ1) is 17.4. The van der Waals surface area contributed by atoms with E-state index < -0.39 is 0 Å². The molecule has 2 aromatic heterocycles. The van der Waals surface area contributed by atoms with Gasteiger partial charge in [-0.2, -0.15) is 5.10 Å². The average Bonchev–Trinajstić information content (AvgIpc) is 2.94. The number of benzene rings is 1. The van der Waals surface area contributed by atoms with Crippen molar-refractivity contribution in [1.82, 2.24) is 19.7 Å². The Morgan fingerprint density at radius 2 is 1.92 bits per heavy atom. The Labute approximate surface area is 150 Å². The Hall–Kier alpha value is -2.46. The maximum atomic E-state index is 4.59. The highest BCUT2D eigenvalue weighted by molar-refractivity contribution is 5.37. The van der Waals surface area contributed by atoms with Crippen LogP contribution in [-0.4, -0.2) is 32.8 Å². The van der Waals surface area contributed by atoms with Crippen molar-refractivity contribution in [3.05, 3.63) is 77.4 Å². The lowest BCUT2D eigenvalue weighted by atomic mass is 10.1. The average molecular weight is 334 g/mol. The van der Waals surface area contributed by atoms with Crippen LogP contribution in [0.4, 0.5) is 0 Å². The highest BCUT2D eigenvalue weighted by atomic mass is 15.3. The number of pyridine rings is 1. The molecule has 0 saturated heterocycles. The molecule has 0 aliphatic heterocycles. The Kier molecular flexibility index (Phi) is 5.29. The van der Waals surface area contributed by atoms with E-state index in [1.54, 1.807) is 0 Å². The van der Waals surface area contributed by atoms with Gasteiger partial charge >= 0.3 is 0 Å². The lowest BCUT2D eigenvalue weighted by Crippen LogP contribution is -2.30. The van der Waals surface area contributed by atoms with E-state index in [2.05, 4.69) is 72.3 Å². The third-order valence-corrected chi connectivity index (χ3v) is 4.58. The van der Waals surface area contributed by atoms with Crippen molar-refractivity contribution in [3.8, 4) is 5.69 Å². The van der Waals surface area contributed by atoms with E-state index in [4.69, 9.17) is 0 Å². The standard InChI is InChI=1S/C21H26N4/c1-16-12-18(3)25(23-16)21-10-7-8-19(14-21)15-24(4)17(2)13-20-9-5-6-11-22-20/h5-12,14,17H,13,15H2,1-4H3/t17-/m1/s1. The molecule has 3 aromatic rings. The molecule has 0 N–H and O–H groups in total. The lowest BCUT2D eigenvalue weighted by Gasteiger charge is -2.24. The fraction of sp³-hybridized carbons (Fsp3) is 0.333. The number of likely N-dealkylation sites (N-methyl/N-ethyl adjacent to an activating group) is 1. The molecule has 0 spiro atoms. The summed E-state index contributed by atoms with van der Waals surface area (Å²) in [5.74, 6) is 0. The summed E-state index contributed by atoms with van der Waals surface area (Å²) < 4.78 is 2.01. The maximum absolute atomic E-state index is 4.59. The smallest absolute Gasteiger partial charge is 0.0651 e. The summed E-state index contributed by atoms with van der Waals surface area (Å²) in [6, 6.07) is 17.3. The van der Waals surface area contributed by atoms with Gasteiger partial charge < -0.3 is 0 Å². The van der Waals surface area contributed by atoms with E-state index in [0.29, 0.717) is 6.04 Å². The molecule has 0 saturated carbocycles. The van der Waals surface area contributed by atoms with Crippen LogP contribution in [0.15, 0.2) is 54.7 Å². The predicted molar refractivity (Wildman–Crippen MR) is 102 cm³/mol. The number of rotatable bonds is 6. The molecule has 3 rings (SSSR count). The van der Waals surface area contributed by atoms with Gasteiger partial charge in [0.25, 0.3) is 0 Å². The van der Waals surface area contributed by atoms with Gasteiger partial charge in [0, 0.05) is 36.6 Å². The highest BCUT2D eigenvalue weighted by Gasteiger charge is 2.12. The summed E-state index contributed by atoms with van der Waals surface area (Å²) in [5.41, 5.74) is 5.75. The van der Waals surface area contributed by atoms with Gasteiger partial charge in [-0.1, -0.05) is 18.2 Å². The summed E-state index contributed by atoms with van der Waals surface area (Å²) in [5, 5.41) is 4.59. The molecule has 2 heterocycles. The molecule has 4 heteroatoms. The molecule has 0 amide bonds. The fourth-order valence-corrected chi connectivity index (χ4v) is 3.10. The molecular formula is C21H26N4. The minimum absolute atomic E-state index is 0.423. The number of hydrogen-bond donors (Lipinski definition) is 0. The van der Waals surface area contributed by atoms with Gasteiger partial charge in [-0.05, 0) is 63.7 Å². The lowest BCUT2D eigenvalue weighted by molar-refractivity contribution is 0.247. The van der Waals surface area contributed by atoms with Gasteiger partial charge in [-0.25, -0.2) is 4.68 Å². The monoisotopic (exact) mass is 334 g/mol. The van der Waals surface area contributed by atoms with Crippen LogP contribution in [0.5, 0.6) is 0 Å². The first-order chi connectivity index (χ1) is 12.0. The van der Waals surface area contributed by atoms with E-state index in [1.165, 1.54) is 5.56 Å². The minimum atomic E-state index is 0.423. The summed E-state index contributed by atoms with van der Waals surface area (Å²) in [6.07, 6.45) is 2.81. The van der Waals surface area contributed by atoms with Gasteiger partial charge in [-0.15, -0.1) is 0 Å².